The van der Waals surface area contributed by atoms with Gasteiger partial charge in [0.25, 0.3) is 0 Å². The highest BCUT2D eigenvalue weighted by molar-refractivity contribution is 5.90. The van der Waals surface area contributed by atoms with Crippen LogP contribution < -0.4 is 4.90 Å². The fraction of sp³-hybridized carbons (Fsp3) is 0.321. The molecule has 0 spiro atoms. The van der Waals surface area contributed by atoms with E-state index in [0.29, 0.717) is 18.4 Å². The first kappa shape index (κ1) is 23.0. The number of hydrogen-bond acceptors (Lipinski definition) is 5. The molecule has 1 saturated heterocycles. The Hall–Kier alpha value is -3.15. The molecule has 0 saturated carbocycles. The number of hydroxylamine groups is 2. The monoisotopic (exact) mass is 444 g/mol. The zero-order chi connectivity index (χ0) is 23.6. The van der Waals surface area contributed by atoms with Crippen molar-refractivity contribution in [1.82, 2.24) is 5.06 Å². The Bertz CT molecular complexity index is 1020. The maximum atomic E-state index is 12.9. The lowest BCUT2D eigenvalue weighted by molar-refractivity contribution is -0.256. The van der Waals surface area contributed by atoms with E-state index in [0.717, 1.165) is 17.1 Å². The molecule has 1 heterocycles. The van der Waals surface area contributed by atoms with Crippen molar-refractivity contribution >= 4 is 23.0 Å². The van der Waals surface area contributed by atoms with Gasteiger partial charge >= 0.3 is 5.97 Å². The highest BCUT2D eigenvalue weighted by Gasteiger charge is 2.46. The fourth-order valence-electron chi connectivity index (χ4n) is 4.83. The van der Waals surface area contributed by atoms with Crippen molar-refractivity contribution in [3.63, 3.8) is 0 Å². The highest BCUT2D eigenvalue weighted by atomic mass is 16.5. The Balaban J connectivity index is 1.54. The van der Waals surface area contributed by atoms with E-state index >= 15 is 0 Å². The number of piperidine rings is 1. The van der Waals surface area contributed by atoms with E-state index in [1.165, 1.54) is 5.06 Å². The Morgan fingerprint density at radius 3 is 1.67 bits per heavy atom. The second-order valence-electron chi connectivity index (χ2n) is 9.93. The quantitative estimate of drug-likeness (QED) is 0.443. The number of anilines is 3. The van der Waals surface area contributed by atoms with Gasteiger partial charge in [0.1, 0.15) is 6.10 Å². The second kappa shape index (κ2) is 9.00. The van der Waals surface area contributed by atoms with Gasteiger partial charge in [-0.1, -0.05) is 36.4 Å². The molecule has 0 atom stereocenters. The van der Waals surface area contributed by atoms with Crippen molar-refractivity contribution in [3.05, 3.63) is 90.5 Å². The lowest BCUT2D eigenvalue weighted by Crippen LogP contribution is -2.60. The van der Waals surface area contributed by atoms with Crippen molar-refractivity contribution in [3.8, 4) is 0 Å². The standard InChI is InChI=1S/C28H32N2O3/c1-27(2)19-25(20-28(3,4)30(27)32)33-26(31)21-15-17-24(18-16-21)29(22-11-7-5-8-12-22)23-13-9-6-10-14-23/h5-18,25,32H,19-20H2,1-4H3. The van der Waals surface area contributed by atoms with Crippen LogP contribution >= 0.6 is 0 Å². The Morgan fingerprint density at radius 1 is 0.788 bits per heavy atom. The molecule has 0 unspecified atom stereocenters. The number of benzene rings is 3. The summed E-state index contributed by atoms with van der Waals surface area (Å²) in [6.45, 7) is 7.85. The number of carbonyl (C=O) groups is 1. The van der Waals surface area contributed by atoms with E-state index in [4.69, 9.17) is 4.74 Å². The van der Waals surface area contributed by atoms with E-state index < -0.39 is 11.1 Å². The highest BCUT2D eigenvalue weighted by Crippen LogP contribution is 2.38. The first-order valence-corrected chi connectivity index (χ1v) is 11.4. The van der Waals surface area contributed by atoms with Gasteiger partial charge in [-0.3, -0.25) is 0 Å². The summed E-state index contributed by atoms with van der Waals surface area (Å²) in [5.74, 6) is -0.337. The molecule has 3 aromatic carbocycles. The normalized spacial score (nSPS) is 18.0. The Labute approximate surface area is 196 Å². The van der Waals surface area contributed by atoms with Gasteiger partial charge in [-0.2, -0.15) is 5.06 Å². The summed E-state index contributed by atoms with van der Waals surface area (Å²) >= 11 is 0. The van der Waals surface area contributed by atoms with Crippen molar-refractivity contribution in [2.75, 3.05) is 4.90 Å². The summed E-state index contributed by atoms with van der Waals surface area (Å²) in [7, 11) is 0. The molecule has 5 heteroatoms. The van der Waals surface area contributed by atoms with Gasteiger partial charge in [0.05, 0.1) is 5.56 Å². The van der Waals surface area contributed by atoms with Gasteiger partial charge in [-0.05, 0) is 76.2 Å². The van der Waals surface area contributed by atoms with Crippen molar-refractivity contribution in [2.45, 2.75) is 57.7 Å². The molecule has 0 aromatic heterocycles. The zero-order valence-electron chi connectivity index (χ0n) is 19.7. The molecule has 33 heavy (non-hydrogen) atoms. The molecule has 172 valence electrons. The van der Waals surface area contributed by atoms with Crippen LogP contribution in [0.2, 0.25) is 0 Å². The second-order valence-corrected chi connectivity index (χ2v) is 9.93. The smallest absolute Gasteiger partial charge is 0.338 e. The van der Waals surface area contributed by atoms with Gasteiger partial charge in [-0.15, -0.1) is 0 Å². The van der Waals surface area contributed by atoms with E-state index in [-0.39, 0.29) is 12.1 Å². The van der Waals surface area contributed by atoms with Gasteiger partial charge in [-0.25, -0.2) is 4.79 Å². The van der Waals surface area contributed by atoms with E-state index in [9.17, 15) is 10.0 Å². The minimum Gasteiger partial charge on any atom is -0.459 e. The molecular formula is C28H32N2O3. The van der Waals surface area contributed by atoms with Crippen molar-refractivity contribution in [2.24, 2.45) is 0 Å². The van der Waals surface area contributed by atoms with E-state index in [2.05, 4.69) is 29.2 Å². The van der Waals surface area contributed by atoms with E-state index in [1.54, 1.807) is 0 Å². The Morgan fingerprint density at radius 2 is 1.21 bits per heavy atom. The van der Waals surface area contributed by atoms with E-state index in [1.807, 2.05) is 88.4 Å². The molecule has 0 radical (unpaired) electrons. The molecule has 1 N–H and O–H groups in total. The molecule has 0 amide bonds. The minimum atomic E-state index is -0.470. The van der Waals surface area contributed by atoms with Crippen LogP contribution in [-0.4, -0.2) is 33.4 Å². The molecule has 4 rings (SSSR count). The summed E-state index contributed by atoms with van der Waals surface area (Å²) < 4.78 is 5.88. The van der Waals surface area contributed by atoms with Crippen LogP contribution in [0.15, 0.2) is 84.9 Å². The summed E-state index contributed by atoms with van der Waals surface area (Å²) in [6, 6.07) is 27.8. The molecule has 1 fully saturated rings. The molecule has 1 aliphatic rings. The van der Waals surface area contributed by atoms with Crippen LogP contribution in [0.4, 0.5) is 17.1 Å². The molecule has 5 nitrogen and oxygen atoms in total. The number of ether oxygens (including phenoxy) is 1. The molecular weight excluding hydrogens is 412 g/mol. The fourth-order valence-corrected chi connectivity index (χ4v) is 4.83. The third-order valence-corrected chi connectivity index (χ3v) is 6.26. The summed E-state index contributed by atoms with van der Waals surface area (Å²) in [4.78, 5) is 15.1. The third-order valence-electron chi connectivity index (χ3n) is 6.26. The van der Waals surface area contributed by atoms with Gasteiger partial charge in [0.15, 0.2) is 0 Å². The van der Waals surface area contributed by atoms with Crippen LogP contribution in [0, 0.1) is 0 Å². The number of rotatable bonds is 5. The van der Waals surface area contributed by atoms with Crippen LogP contribution in [0.1, 0.15) is 50.9 Å². The predicted octanol–water partition coefficient (Wildman–Crippen LogP) is 6.72. The largest absolute Gasteiger partial charge is 0.459 e. The predicted molar refractivity (Wildman–Crippen MR) is 131 cm³/mol. The summed E-state index contributed by atoms with van der Waals surface area (Å²) in [6.07, 6.45) is 0.898. The number of hydrogen-bond donors (Lipinski definition) is 1. The van der Waals surface area contributed by atoms with Gasteiger partial charge < -0.3 is 14.8 Å². The Kier molecular flexibility index (Phi) is 6.28. The average Bonchev–Trinajstić information content (AvgIpc) is 2.79. The number of carbonyl (C=O) groups excluding carboxylic acids is 1. The maximum absolute atomic E-state index is 12.9. The lowest BCUT2D eigenvalue weighted by Gasteiger charge is -2.50. The first-order chi connectivity index (χ1) is 15.7. The molecule has 1 aliphatic heterocycles. The zero-order valence-corrected chi connectivity index (χ0v) is 19.7. The van der Waals surface area contributed by atoms with Gasteiger partial charge in [0, 0.05) is 41.0 Å². The average molecular weight is 445 g/mol. The maximum Gasteiger partial charge on any atom is 0.338 e. The van der Waals surface area contributed by atoms with Gasteiger partial charge in [0.2, 0.25) is 0 Å². The van der Waals surface area contributed by atoms with Crippen LogP contribution in [-0.2, 0) is 4.74 Å². The van der Waals surface area contributed by atoms with Crippen molar-refractivity contribution < 1.29 is 14.7 Å². The summed E-state index contributed by atoms with van der Waals surface area (Å²) in [5.41, 5.74) is 2.62. The SMILES string of the molecule is CC1(C)CC(OC(=O)c2ccc(N(c3ccccc3)c3ccccc3)cc2)CC(C)(C)N1O. The lowest BCUT2D eigenvalue weighted by atomic mass is 9.80. The minimum absolute atomic E-state index is 0.254. The molecule has 0 aliphatic carbocycles. The van der Waals surface area contributed by atoms with Crippen LogP contribution in [0.25, 0.3) is 0 Å². The number of para-hydroxylation sites is 2. The number of esters is 1. The van der Waals surface area contributed by atoms with Crippen molar-refractivity contribution in [1.29, 1.82) is 0 Å². The molecule has 3 aromatic rings. The summed E-state index contributed by atoms with van der Waals surface area (Å²) in [5, 5.41) is 11.9. The molecule has 0 bridgehead atoms. The topological polar surface area (TPSA) is 53.0 Å². The van der Waals surface area contributed by atoms with Crippen LogP contribution in [0.3, 0.4) is 0 Å². The first-order valence-electron chi connectivity index (χ1n) is 11.4. The van der Waals surface area contributed by atoms with Crippen LogP contribution in [0.5, 0.6) is 0 Å². The third kappa shape index (κ3) is 4.95. The number of nitrogens with zero attached hydrogens (tertiary/aromatic N) is 2.